The highest BCUT2D eigenvalue weighted by atomic mass is 35.5. The molecule has 0 aromatic heterocycles. The maximum atomic E-state index is 11.0. The van der Waals surface area contributed by atoms with Crippen LogP contribution in [-0.2, 0) is 9.84 Å². The number of benzene rings is 1. The van der Waals surface area contributed by atoms with Crippen molar-refractivity contribution in [3.63, 3.8) is 0 Å². The summed E-state index contributed by atoms with van der Waals surface area (Å²) in [5, 5.41) is 9.85. The van der Waals surface area contributed by atoms with Crippen molar-refractivity contribution in [3.05, 3.63) is 34.9 Å². The van der Waals surface area contributed by atoms with E-state index < -0.39 is 9.84 Å². The van der Waals surface area contributed by atoms with Gasteiger partial charge in [0, 0.05) is 23.8 Å². The average Bonchev–Trinajstić information content (AvgIpc) is 2.20. The second kappa shape index (κ2) is 5.66. The Kier molecular flexibility index (Phi) is 4.77. The predicted octanol–water partition coefficient (Wildman–Crippen LogP) is 1.85. The molecule has 0 radical (unpaired) electrons. The van der Waals surface area contributed by atoms with Crippen LogP contribution in [0.2, 0.25) is 5.02 Å². The summed E-state index contributed by atoms with van der Waals surface area (Å²) in [4.78, 5) is 0. The highest BCUT2D eigenvalue weighted by Gasteiger charge is 2.13. The van der Waals surface area contributed by atoms with E-state index in [4.69, 9.17) is 11.6 Å². The number of rotatable bonds is 5. The van der Waals surface area contributed by atoms with E-state index in [1.165, 1.54) is 6.26 Å². The summed E-state index contributed by atoms with van der Waals surface area (Å²) in [6, 6.07) is 7.09. The molecule has 0 amide bonds. The quantitative estimate of drug-likeness (QED) is 0.881. The van der Waals surface area contributed by atoms with Crippen LogP contribution < -0.4 is 0 Å². The molecule has 1 atom stereocenters. The number of hydrogen-bond acceptors (Lipinski definition) is 3. The van der Waals surface area contributed by atoms with Crippen molar-refractivity contribution in [1.82, 2.24) is 0 Å². The van der Waals surface area contributed by atoms with E-state index in [9.17, 15) is 13.5 Å². The Morgan fingerprint density at radius 3 is 2.31 bits per heavy atom. The van der Waals surface area contributed by atoms with Crippen molar-refractivity contribution in [2.24, 2.45) is 0 Å². The zero-order valence-corrected chi connectivity index (χ0v) is 10.6. The molecule has 1 N–H and O–H groups in total. The first kappa shape index (κ1) is 13.5. The van der Waals surface area contributed by atoms with Gasteiger partial charge in [0.25, 0.3) is 0 Å². The standard InChI is InChI=1S/C11H15ClO3S/c1-16(14,15)7-6-10(8-13)9-2-4-11(12)5-3-9/h2-5,10,13H,6-8H2,1H3. The van der Waals surface area contributed by atoms with Crippen molar-refractivity contribution >= 4 is 21.4 Å². The summed E-state index contributed by atoms with van der Waals surface area (Å²) in [6.07, 6.45) is 1.63. The lowest BCUT2D eigenvalue weighted by Crippen LogP contribution is -2.11. The van der Waals surface area contributed by atoms with E-state index in [1.807, 2.05) is 12.1 Å². The molecule has 1 rings (SSSR count). The summed E-state index contributed by atoms with van der Waals surface area (Å²) < 4.78 is 22.1. The normalized spacial score (nSPS) is 13.7. The monoisotopic (exact) mass is 262 g/mol. The molecule has 0 aliphatic carbocycles. The van der Waals surface area contributed by atoms with E-state index in [0.29, 0.717) is 11.4 Å². The number of aliphatic hydroxyl groups is 1. The minimum atomic E-state index is -2.98. The molecule has 16 heavy (non-hydrogen) atoms. The molecule has 0 saturated heterocycles. The summed E-state index contributed by atoms with van der Waals surface area (Å²) >= 11 is 5.75. The van der Waals surface area contributed by atoms with Crippen molar-refractivity contribution in [3.8, 4) is 0 Å². The predicted molar refractivity (Wildman–Crippen MR) is 65.6 cm³/mol. The van der Waals surface area contributed by atoms with Gasteiger partial charge in [0.1, 0.15) is 9.84 Å². The maximum Gasteiger partial charge on any atom is 0.147 e. The highest BCUT2D eigenvalue weighted by molar-refractivity contribution is 7.90. The molecule has 0 heterocycles. The maximum absolute atomic E-state index is 11.0. The van der Waals surface area contributed by atoms with Gasteiger partial charge in [-0.05, 0) is 24.1 Å². The molecule has 0 aliphatic heterocycles. The van der Waals surface area contributed by atoms with Crippen LogP contribution in [0.3, 0.4) is 0 Å². The Bertz CT molecular complexity index is 425. The van der Waals surface area contributed by atoms with Crippen LogP contribution in [0.1, 0.15) is 17.9 Å². The Balaban J connectivity index is 2.71. The fourth-order valence-electron chi connectivity index (χ4n) is 1.45. The first-order chi connectivity index (χ1) is 7.42. The highest BCUT2D eigenvalue weighted by Crippen LogP contribution is 2.21. The molecule has 0 fully saturated rings. The minimum Gasteiger partial charge on any atom is -0.396 e. The first-order valence-electron chi connectivity index (χ1n) is 4.96. The van der Waals surface area contributed by atoms with Crippen molar-refractivity contribution in [1.29, 1.82) is 0 Å². The van der Waals surface area contributed by atoms with Gasteiger partial charge in [-0.1, -0.05) is 23.7 Å². The second-order valence-electron chi connectivity index (χ2n) is 3.85. The molecule has 3 nitrogen and oxygen atoms in total. The number of sulfone groups is 1. The van der Waals surface area contributed by atoms with Gasteiger partial charge >= 0.3 is 0 Å². The summed E-state index contributed by atoms with van der Waals surface area (Å²) in [6.45, 7) is -0.0584. The molecular formula is C11H15ClO3S. The van der Waals surface area contributed by atoms with E-state index >= 15 is 0 Å². The largest absolute Gasteiger partial charge is 0.396 e. The third-order valence-electron chi connectivity index (χ3n) is 2.40. The molecule has 0 bridgehead atoms. The first-order valence-corrected chi connectivity index (χ1v) is 7.40. The van der Waals surface area contributed by atoms with E-state index in [0.717, 1.165) is 5.56 Å². The van der Waals surface area contributed by atoms with Crippen molar-refractivity contribution in [2.45, 2.75) is 12.3 Å². The van der Waals surface area contributed by atoms with Gasteiger partial charge in [0.2, 0.25) is 0 Å². The molecule has 0 spiro atoms. The molecular weight excluding hydrogens is 248 g/mol. The van der Waals surface area contributed by atoms with Gasteiger partial charge in [0.15, 0.2) is 0 Å². The van der Waals surface area contributed by atoms with Gasteiger partial charge in [-0.3, -0.25) is 0 Å². The molecule has 0 saturated carbocycles. The van der Waals surface area contributed by atoms with Gasteiger partial charge < -0.3 is 5.11 Å². The van der Waals surface area contributed by atoms with Crippen LogP contribution in [0.25, 0.3) is 0 Å². The van der Waals surface area contributed by atoms with Crippen LogP contribution >= 0.6 is 11.6 Å². The van der Waals surface area contributed by atoms with Gasteiger partial charge in [-0.25, -0.2) is 8.42 Å². The Morgan fingerprint density at radius 1 is 1.31 bits per heavy atom. The van der Waals surface area contributed by atoms with Crippen molar-refractivity contribution < 1.29 is 13.5 Å². The second-order valence-corrected chi connectivity index (χ2v) is 6.55. The molecule has 90 valence electrons. The zero-order valence-electron chi connectivity index (χ0n) is 9.06. The van der Waals surface area contributed by atoms with Crippen molar-refractivity contribution in [2.75, 3.05) is 18.6 Å². The molecule has 1 unspecified atom stereocenters. The Hall–Kier alpha value is -0.580. The number of hydrogen-bond donors (Lipinski definition) is 1. The Morgan fingerprint density at radius 2 is 1.88 bits per heavy atom. The molecule has 0 aliphatic rings. The molecule has 1 aromatic carbocycles. The fourth-order valence-corrected chi connectivity index (χ4v) is 2.29. The van der Waals surface area contributed by atoms with E-state index in [2.05, 4.69) is 0 Å². The summed E-state index contributed by atoms with van der Waals surface area (Å²) in [5.74, 6) is -0.0621. The van der Waals surface area contributed by atoms with Gasteiger partial charge in [-0.2, -0.15) is 0 Å². The molecule has 1 aromatic rings. The lowest BCUT2D eigenvalue weighted by molar-refractivity contribution is 0.262. The SMILES string of the molecule is CS(=O)(=O)CCC(CO)c1ccc(Cl)cc1. The van der Waals surface area contributed by atoms with Gasteiger partial charge in [0.05, 0.1) is 5.75 Å². The van der Waals surface area contributed by atoms with Crippen LogP contribution in [0.15, 0.2) is 24.3 Å². The van der Waals surface area contributed by atoms with E-state index in [1.54, 1.807) is 12.1 Å². The smallest absolute Gasteiger partial charge is 0.147 e. The van der Waals surface area contributed by atoms with Crippen LogP contribution in [0.5, 0.6) is 0 Å². The van der Waals surface area contributed by atoms with Crippen LogP contribution in [0, 0.1) is 0 Å². The van der Waals surface area contributed by atoms with Crippen LogP contribution in [-0.4, -0.2) is 32.1 Å². The molecule has 5 heteroatoms. The topological polar surface area (TPSA) is 54.4 Å². The third kappa shape index (κ3) is 4.51. The fraction of sp³-hybridized carbons (Fsp3) is 0.455. The Labute approximate surface area is 101 Å². The summed E-state index contributed by atoms with van der Waals surface area (Å²) in [7, 11) is -2.98. The lowest BCUT2D eigenvalue weighted by atomic mass is 9.98. The van der Waals surface area contributed by atoms with Crippen LogP contribution in [0.4, 0.5) is 0 Å². The number of halogens is 1. The zero-order chi connectivity index (χ0) is 12.2. The van der Waals surface area contributed by atoms with Gasteiger partial charge in [-0.15, -0.1) is 0 Å². The minimum absolute atomic E-state index is 0.0584. The average molecular weight is 263 g/mol. The number of aliphatic hydroxyl groups excluding tert-OH is 1. The summed E-state index contributed by atoms with van der Waals surface area (Å²) in [5.41, 5.74) is 0.913. The lowest BCUT2D eigenvalue weighted by Gasteiger charge is -2.13. The third-order valence-corrected chi connectivity index (χ3v) is 3.63. The van der Waals surface area contributed by atoms with E-state index in [-0.39, 0.29) is 18.3 Å².